The van der Waals surface area contributed by atoms with Crippen LogP contribution in [0.5, 0.6) is 0 Å². The van der Waals surface area contributed by atoms with E-state index in [1.807, 2.05) is 61.3 Å². The largest absolute Gasteiger partial charge is 0.337 e. The Morgan fingerprint density at radius 2 is 1.70 bits per heavy atom. The number of benzene rings is 2. The van der Waals surface area contributed by atoms with Gasteiger partial charge in [0.15, 0.2) is 0 Å². The van der Waals surface area contributed by atoms with E-state index >= 15 is 0 Å². The number of rotatable bonds is 6. The number of carbonyl (C=O) groups excluding carboxylic acids is 1. The van der Waals surface area contributed by atoms with Crippen LogP contribution in [0.1, 0.15) is 21.5 Å². The van der Waals surface area contributed by atoms with E-state index in [2.05, 4.69) is 36.1 Å². The molecule has 0 aliphatic rings. The van der Waals surface area contributed by atoms with Crippen molar-refractivity contribution in [2.75, 3.05) is 21.1 Å². The first-order valence-corrected chi connectivity index (χ1v) is 9.00. The second kappa shape index (κ2) is 8.18. The van der Waals surface area contributed by atoms with E-state index in [1.165, 1.54) is 11.1 Å². The molecule has 2 aromatic carbocycles. The van der Waals surface area contributed by atoms with Gasteiger partial charge in [-0.2, -0.15) is 0 Å². The third-order valence-electron chi connectivity index (χ3n) is 4.55. The van der Waals surface area contributed by atoms with Gasteiger partial charge in [-0.25, -0.2) is 4.98 Å². The zero-order chi connectivity index (χ0) is 19.4. The first-order chi connectivity index (χ1) is 13.0. The van der Waals surface area contributed by atoms with Crippen molar-refractivity contribution in [3.05, 3.63) is 77.6 Å². The van der Waals surface area contributed by atoms with Crippen molar-refractivity contribution >= 4 is 5.91 Å². The molecule has 0 unspecified atom stereocenters. The zero-order valence-corrected chi connectivity index (χ0v) is 16.4. The molecule has 3 aromatic rings. The summed E-state index contributed by atoms with van der Waals surface area (Å²) in [5.41, 5.74) is 4.02. The summed E-state index contributed by atoms with van der Waals surface area (Å²) < 4.78 is 1.95. The van der Waals surface area contributed by atoms with Crippen molar-refractivity contribution in [1.29, 1.82) is 0 Å². The van der Waals surface area contributed by atoms with Crippen LogP contribution in [-0.4, -0.2) is 46.4 Å². The number of hydrogen-bond acceptors (Lipinski definition) is 3. The number of amides is 1. The molecule has 5 nitrogen and oxygen atoms in total. The van der Waals surface area contributed by atoms with E-state index in [9.17, 15) is 4.79 Å². The van der Waals surface area contributed by atoms with Crippen LogP contribution >= 0.6 is 0 Å². The Kier molecular flexibility index (Phi) is 5.72. The zero-order valence-electron chi connectivity index (χ0n) is 16.4. The fraction of sp³-hybridized carbons (Fsp3) is 0.273. The molecule has 1 amide bonds. The first-order valence-electron chi connectivity index (χ1n) is 9.00. The highest BCUT2D eigenvalue weighted by Gasteiger charge is 2.15. The van der Waals surface area contributed by atoms with E-state index < -0.39 is 0 Å². The van der Waals surface area contributed by atoms with Crippen LogP contribution in [0, 0.1) is 0 Å². The molecule has 0 radical (unpaired) electrons. The second-order valence-electron chi connectivity index (χ2n) is 7.11. The molecule has 0 aliphatic carbocycles. The smallest absolute Gasteiger partial charge is 0.253 e. The second-order valence-corrected chi connectivity index (χ2v) is 7.11. The highest BCUT2D eigenvalue weighted by molar-refractivity contribution is 5.95. The van der Waals surface area contributed by atoms with Gasteiger partial charge in [0.1, 0.15) is 5.82 Å². The van der Waals surface area contributed by atoms with E-state index in [0.29, 0.717) is 12.1 Å². The minimum Gasteiger partial charge on any atom is -0.337 e. The van der Waals surface area contributed by atoms with Crippen LogP contribution in [0.15, 0.2) is 60.9 Å². The summed E-state index contributed by atoms with van der Waals surface area (Å²) in [5.74, 6) is 0.856. The number of hydrogen-bond donors (Lipinski definition) is 0. The van der Waals surface area contributed by atoms with E-state index in [-0.39, 0.29) is 5.91 Å². The summed E-state index contributed by atoms with van der Waals surface area (Å²) >= 11 is 0. The number of carbonyl (C=O) groups is 1. The number of aryl methyl sites for hydroxylation is 1. The minimum atomic E-state index is 0.00529. The summed E-state index contributed by atoms with van der Waals surface area (Å²) in [6.45, 7) is 1.43. The SMILES string of the molecule is CN(C)Cc1ccccc1CN(C)C(=O)c1cccc(-c2nccn2C)c1. The van der Waals surface area contributed by atoms with Gasteiger partial charge in [-0.05, 0) is 37.4 Å². The molecule has 3 rings (SSSR count). The lowest BCUT2D eigenvalue weighted by molar-refractivity contribution is 0.0784. The fourth-order valence-electron chi connectivity index (χ4n) is 3.19. The molecular weight excluding hydrogens is 336 g/mol. The summed E-state index contributed by atoms with van der Waals surface area (Å²) in [5, 5.41) is 0. The van der Waals surface area contributed by atoms with Crippen molar-refractivity contribution in [2.24, 2.45) is 7.05 Å². The average Bonchev–Trinajstić information content (AvgIpc) is 3.08. The molecule has 27 heavy (non-hydrogen) atoms. The molecule has 0 spiro atoms. The predicted molar refractivity (Wildman–Crippen MR) is 108 cm³/mol. The van der Waals surface area contributed by atoms with E-state index in [0.717, 1.165) is 17.9 Å². The van der Waals surface area contributed by atoms with Crippen molar-refractivity contribution in [3.8, 4) is 11.4 Å². The van der Waals surface area contributed by atoms with Gasteiger partial charge in [0.05, 0.1) is 0 Å². The van der Waals surface area contributed by atoms with Gasteiger partial charge in [-0.3, -0.25) is 4.79 Å². The molecular formula is C22H26N4O. The van der Waals surface area contributed by atoms with Crippen LogP contribution in [0.3, 0.4) is 0 Å². The van der Waals surface area contributed by atoms with Crippen molar-refractivity contribution in [3.63, 3.8) is 0 Å². The van der Waals surface area contributed by atoms with Crippen LogP contribution in [0.4, 0.5) is 0 Å². The molecule has 0 bridgehead atoms. The van der Waals surface area contributed by atoms with Gasteiger partial charge in [0, 0.05) is 50.7 Å². The molecule has 0 saturated heterocycles. The Morgan fingerprint density at radius 1 is 1.00 bits per heavy atom. The lowest BCUT2D eigenvalue weighted by atomic mass is 10.1. The third-order valence-corrected chi connectivity index (χ3v) is 4.55. The average molecular weight is 362 g/mol. The molecule has 5 heteroatoms. The van der Waals surface area contributed by atoms with Crippen molar-refractivity contribution < 1.29 is 4.79 Å². The van der Waals surface area contributed by atoms with Crippen LogP contribution < -0.4 is 0 Å². The number of nitrogens with zero attached hydrogens (tertiary/aromatic N) is 4. The summed E-state index contributed by atoms with van der Waals surface area (Å²) in [6, 6.07) is 15.9. The maximum atomic E-state index is 13.0. The van der Waals surface area contributed by atoms with Crippen LogP contribution in [-0.2, 0) is 20.1 Å². The molecule has 1 heterocycles. The number of imidazole rings is 1. The Hall–Kier alpha value is -2.92. The molecule has 0 fully saturated rings. The Bertz CT molecular complexity index is 929. The third kappa shape index (κ3) is 4.44. The summed E-state index contributed by atoms with van der Waals surface area (Å²) in [6.07, 6.45) is 3.66. The maximum Gasteiger partial charge on any atom is 0.253 e. The topological polar surface area (TPSA) is 41.4 Å². The Labute approximate surface area is 160 Å². The van der Waals surface area contributed by atoms with Gasteiger partial charge in [0.25, 0.3) is 5.91 Å². The minimum absolute atomic E-state index is 0.00529. The lowest BCUT2D eigenvalue weighted by Gasteiger charge is -2.21. The van der Waals surface area contributed by atoms with E-state index in [4.69, 9.17) is 0 Å². The monoisotopic (exact) mass is 362 g/mol. The highest BCUT2D eigenvalue weighted by Crippen LogP contribution is 2.20. The van der Waals surface area contributed by atoms with Gasteiger partial charge >= 0.3 is 0 Å². The standard InChI is InChI=1S/C22H26N4O/c1-24(2)15-19-8-5-6-9-20(19)16-26(4)22(27)18-11-7-10-17(14-18)21-23-12-13-25(21)3/h5-14H,15-16H2,1-4H3. The summed E-state index contributed by atoms with van der Waals surface area (Å²) in [7, 11) is 7.90. The maximum absolute atomic E-state index is 13.0. The molecule has 0 atom stereocenters. The Morgan fingerprint density at radius 3 is 2.33 bits per heavy atom. The Balaban J connectivity index is 1.80. The highest BCUT2D eigenvalue weighted by atomic mass is 16.2. The summed E-state index contributed by atoms with van der Waals surface area (Å²) in [4.78, 5) is 21.3. The van der Waals surface area contributed by atoms with Crippen molar-refractivity contribution in [1.82, 2.24) is 19.4 Å². The van der Waals surface area contributed by atoms with Gasteiger partial charge in [-0.1, -0.05) is 36.4 Å². The van der Waals surface area contributed by atoms with Gasteiger partial charge < -0.3 is 14.4 Å². The fourth-order valence-corrected chi connectivity index (χ4v) is 3.19. The molecule has 0 aliphatic heterocycles. The first kappa shape index (κ1) is 18.9. The predicted octanol–water partition coefficient (Wildman–Crippen LogP) is 3.42. The molecule has 0 N–H and O–H groups in total. The van der Waals surface area contributed by atoms with Crippen LogP contribution in [0.25, 0.3) is 11.4 Å². The van der Waals surface area contributed by atoms with E-state index in [1.54, 1.807) is 11.1 Å². The quantitative estimate of drug-likeness (QED) is 0.675. The van der Waals surface area contributed by atoms with Crippen molar-refractivity contribution in [2.45, 2.75) is 13.1 Å². The molecule has 1 aromatic heterocycles. The lowest BCUT2D eigenvalue weighted by Crippen LogP contribution is -2.27. The normalized spacial score (nSPS) is 11.0. The number of aromatic nitrogens is 2. The molecule has 140 valence electrons. The molecule has 0 saturated carbocycles. The van der Waals surface area contributed by atoms with Gasteiger partial charge in [-0.15, -0.1) is 0 Å². The van der Waals surface area contributed by atoms with Gasteiger partial charge in [0.2, 0.25) is 0 Å². The van der Waals surface area contributed by atoms with Crippen LogP contribution in [0.2, 0.25) is 0 Å².